The summed E-state index contributed by atoms with van der Waals surface area (Å²) < 4.78 is 36.1. The Kier molecular flexibility index (Phi) is 5.36. The third kappa shape index (κ3) is 4.07. The van der Waals surface area contributed by atoms with Gasteiger partial charge < -0.3 is 5.73 Å². The van der Waals surface area contributed by atoms with Gasteiger partial charge in [0.2, 0.25) is 0 Å². The van der Waals surface area contributed by atoms with Gasteiger partial charge in [0.1, 0.15) is 0 Å². The van der Waals surface area contributed by atoms with Gasteiger partial charge in [-0.1, -0.05) is 15.9 Å². The summed E-state index contributed by atoms with van der Waals surface area (Å²) in [5.74, 6) is -0.0234. The maximum Gasteiger partial charge on any atom is 0.153 e. The molecule has 4 nitrogen and oxygen atoms in total. The van der Waals surface area contributed by atoms with Crippen molar-refractivity contribution < 1.29 is 12.6 Å². The highest BCUT2D eigenvalue weighted by Crippen LogP contribution is 2.22. The Morgan fingerprint density at radius 3 is 2.56 bits per heavy atom. The highest BCUT2D eigenvalue weighted by molar-refractivity contribution is 9.10. The van der Waals surface area contributed by atoms with Crippen LogP contribution in [0.1, 0.15) is 13.8 Å². The van der Waals surface area contributed by atoms with Crippen molar-refractivity contribution in [3.8, 4) is 0 Å². The van der Waals surface area contributed by atoms with Crippen LogP contribution >= 0.6 is 15.9 Å². The van der Waals surface area contributed by atoms with Crippen LogP contribution in [0, 0.1) is 0 Å². The van der Waals surface area contributed by atoms with E-state index in [1.54, 1.807) is 32.0 Å². The standard InChI is InChI=1S/C11H16BrNO3S2/c1-8(2)18(15,16)6-5-17(14)11-7-9(12)3-4-10(11)13/h3-4,7-8H,5-6,13H2,1-2H3. The summed E-state index contributed by atoms with van der Waals surface area (Å²) in [6.45, 7) is 3.23. The van der Waals surface area contributed by atoms with Gasteiger partial charge in [-0.05, 0) is 32.0 Å². The molecule has 0 heterocycles. The van der Waals surface area contributed by atoms with E-state index in [0.29, 0.717) is 10.6 Å². The van der Waals surface area contributed by atoms with Crippen molar-refractivity contribution >= 4 is 42.3 Å². The minimum atomic E-state index is -3.17. The van der Waals surface area contributed by atoms with E-state index in [4.69, 9.17) is 5.73 Å². The monoisotopic (exact) mass is 353 g/mol. The van der Waals surface area contributed by atoms with Gasteiger partial charge in [-0.3, -0.25) is 4.21 Å². The molecule has 1 unspecified atom stereocenters. The quantitative estimate of drug-likeness (QED) is 0.820. The number of nitrogen functional groups attached to an aromatic ring is 1. The van der Waals surface area contributed by atoms with Gasteiger partial charge in [0.15, 0.2) is 9.84 Å². The lowest BCUT2D eigenvalue weighted by Gasteiger charge is -2.09. The highest BCUT2D eigenvalue weighted by atomic mass is 79.9. The lowest BCUT2D eigenvalue weighted by Crippen LogP contribution is -2.21. The van der Waals surface area contributed by atoms with Crippen molar-refractivity contribution in [2.24, 2.45) is 0 Å². The summed E-state index contributed by atoms with van der Waals surface area (Å²) in [7, 11) is -4.57. The fraction of sp³-hybridized carbons (Fsp3) is 0.455. The molecule has 0 aliphatic carbocycles. The van der Waals surface area contributed by atoms with Crippen molar-refractivity contribution in [3.05, 3.63) is 22.7 Å². The van der Waals surface area contributed by atoms with Crippen LogP contribution in [0.25, 0.3) is 0 Å². The van der Waals surface area contributed by atoms with Crippen LogP contribution in [-0.4, -0.2) is 29.4 Å². The van der Waals surface area contributed by atoms with Crippen molar-refractivity contribution in [2.45, 2.75) is 24.0 Å². The Morgan fingerprint density at radius 2 is 2.00 bits per heavy atom. The van der Waals surface area contributed by atoms with Gasteiger partial charge in [-0.25, -0.2) is 8.42 Å². The molecule has 0 fully saturated rings. The van der Waals surface area contributed by atoms with E-state index in [1.165, 1.54) is 0 Å². The van der Waals surface area contributed by atoms with E-state index in [9.17, 15) is 12.6 Å². The first kappa shape index (κ1) is 15.7. The predicted molar refractivity (Wildman–Crippen MR) is 78.8 cm³/mol. The minimum Gasteiger partial charge on any atom is -0.398 e. The molecule has 0 saturated heterocycles. The molecule has 0 bridgehead atoms. The number of anilines is 1. The number of rotatable bonds is 5. The van der Waals surface area contributed by atoms with E-state index in [-0.39, 0.29) is 11.5 Å². The predicted octanol–water partition coefficient (Wildman–Crippen LogP) is 1.96. The van der Waals surface area contributed by atoms with Gasteiger partial charge in [0.05, 0.1) is 26.7 Å². The molecule has 7 heteroatoms. The molecule has 2 N–H and O–H groups in total. The summed E-state index contributed by atoms with van der Waals surface area (Å²) in [6.07, 6.45) is 0. The fourth-order valence-corrected chi connectivity index (χ4v) is 4.57. The Labute approximate surface area is 118 Å². The lowest BCUT2D eigenvalue weighted by atomic mass is 10.3. The Balaban J connectivity index is 2.81. The van der Waals surface area contributed by atoms with E-state index in [0.717, 1.165) is 4.47 Å². The normalized spacial score (nSPS) is 13.8. The molecule has 102 valence electrons. The number of hydrogen-bond donors (Lipinski definition) is 1. The number of sulfone groups is 1. The SMILES string of the molecule is CC(C)S(=O)(=O)CCS(=O)c1cc(Br)ccc1N. The summed E-state index contributed by atoms with van der Waals surface area (Å²) in [5.41, 5.74) is 6.14. The van der Waals surface area contributed by atoms with Crippen molar-refractivity contribution in [1.82, 2.24) is 0 Å². The van der Waals surface area contributed by atoms with E-state index >= 15 is 0 Å². The van der Waals surface area contributed by atoms with Gasteiger partial charge >= 0.3 is 0 Å². The number of hydrogen-bond acceptors (Lipinski definition) is 4. The highest BCUT2D eigenvalue weighted by Gasteiger charge is 2.18. The Hall–Kier alpha value is -0.400. The summed E-state index contributed by atoms with van der Waals surface area (Å²) >= 11 is 3.27. The van der Waals surface area contributed by atoms with E-state index in [1.807, 2.05) is 0 Å². The zero-order valence-electron chi connectivity index (χ0n) is 10.2. The second kappa shape index (κ2) is 6.16. The Bertz CT molecular complexity index is 555. The second-order valence-electron chi connectivity index (χ2n) is 4.15. The molecule has 1 aromatic rings. The zero-order chi connectivity index (χ0) is 13.9. The van der Waals surface area contributed by atoms with Crippen LogP contribution < -0.4 is 5.73 Å². The molecule has 0 aliphatic heterocycles. The second-order valence-corrected chi connectivity index (χ2v) is 9.28. The molecule has 0 aromatic heterocycles. The van der Waals surface area contributed by atoms with Gasteiger partial charge in [0, 0.05) is 15.9 Å². The molecule has 1 atom stereocenters. The topological polar surface area (TPSA) is 77.2 Å². The van der Waals surface area contributed by atoms with Crippen molar-refractivity contribution in [1.29, 1.82) is 0 Å². The van der Waals surface area contributed by atoms with Crippen molar-refractivity contribution in [2.75, 3.05) is 17.2 Å². The average molecular weight is 354 g/mol. The van der Waals surface area contributed by atoms with Crippen LogP contribution in [0.2, 0.25) is 0 Å². The molecule has 0 aliphatic rings. The molecule has 1 aromatic carbocycles. The summed E-state index contributed by atoms with van der Waals surface area (Å²) in [4.78, 5) is 0.475. The largest absolute Gasteiger partial charge is 0.398 e. The third-order valence-corrected chi connectivity index (χ3v) is 6.87. The number of halogens is 1. The fourth-order valence-electron chi connectivity index (χ4n) is 1.24. The smallest absolute Gasteiger partial charge is 0.153 e. The molecule has 0 radical (unpaired) electrons. The number of benzene rings is 1. The van der Waals surface area contributed by atoms with Crippen LogP contribution in [-0.2, 0) is 20.6 Å². The molecule has 0 saturated carbocycles. The third-order valence-electron chi connectivity index (χ3n) is 2.49. The molecule has 18 heavy (non-hydrogen) atoms. The maximum atomic E-state index is 12.0. The number of nitrogens with two attached hydrogens (primary N) is 1. The first-order valence-electron chi connectivity index (χ1n) is 5.39. The van der Waals surface area contributed by atoms with Crippen LogP contribution in [0.3, 0.4) is 0 Å². The minimum absolute atomic E-state index is 0.0706. The maximum absolute atomic E-state index is 12.0. The van der Waals surface area contributed by atoms with Gasteiger partial charge in [-0.15, -0.1) is 0 Å². The van der Waals surface area contributed by atoms with Crippen LogP contribution in [0.4, 0.5) is 5.69 Å². The van der Waals surface area contributed by atoms with Crippen molar-refractivity contribution in [3.63, 3.8) is 0 Å². The zero-order valence-corrected chi connectivity index (χ0v) is 13.4. The molecular weight excluding hydrogens is 338 g/mol. The summed E-state index contributed by atoms with van der Waals surface area (Å²) in [6, 6.07) is 5.06. The van der Waals surface area contributed by atoms with Crippen LogP contribution in [0.5, 0.6) is 0 Å². The Morgan fingerprint density at radius 1 is 1.39 bits per heavy atom. The molecule has 0 amide bonds. The van der Waals surface area contributed by atoms with Crippen LogP contribution in [0.15, 0.2) is 27.6 Å². The molecular formula is C11H16BrNO3S2. The summed E-state index contributed by atoms with van der Waals surface area (Å²) in [5, 5.41) is -0.450. The van der Waals surface area contributed by atoms with Gasteiger partial charge in [-0.2, -0.15) is 0 Å². The van der Waals surface area contributed by atoms with Gasteiger partial charge in [0.25, 0.3) is 0 Å². The first-order valence-corrected chi connectivity index (χ1v) is 9.21. The first-order chi connectivity index (χ1) is 8.24. The molecule has 1 rings (SSSR count). The molecule has 0 spiro atoms. The lowest BCUT2D eigenvalue weighted by molar-refractivity contribution is 0.588. The van der Waals surface area contributed by atoms with E-state index in [2.05, 4.69) is 15.9 Å². The van der Waals surface area contributed by atoms with E-state index < -0.39 is 25.9 Å². The average Bonchev–Trinajstić information content (AvgIpc) is 2.29.